The zero-order valence-electron chi connectivity index (χ0n) is 10.2. The number of nitrogens with zero attached hydrogens (tertiary/aromatic N) is 2. The smallest absolute Gasteiger partial charge is 0.119 e. The van der Waals surface area contributed by atoms with Crippen LogP contribution < -0.4 is 4.74 Å². The molecule has 1 heterocycles. The monoisotopic (exact) mass is 258 g/mol. The van der Waals surface area contributed by atoms with Crippen LogP contribution in [0.2, 0.25) is 0 Å². The first-order valence-electron chi connectivity index (χ1n) is 5.79. The summed E-state index contributed by atoms with van der Waals surface area (Å²) in [6.45, 7) is 2.56. The first-order chi connectivity index (χ1) is 8.79. The van der Waals surface area contributed by atoms with Crippen LogP contribution in [-0.4, -0.2) is 11.6 Å². The summed E-state index contributed by atoms with van der Waals surface area (Å²) in [6.07, 6.45) is 1.23. The number of hydrogen-bond acceptors (Lipinski definition) is 4. The topological polar surface area (TPSA) is 45.9 Å². The Kier molecular flexibility index (Phi) is 4.32. The Balaban J connectivity index is 1.87. The van der Waals surface area contributed by atoms with Crippen LogP contribution in [0.4, 0.5) is 0 Å². The molecular formula is C14H14N2OS. The second-order valence-electron chi connectivity index (χ2n) is 3.86. The lowest BCUT2D eigenvalue weighted by Crippen LogP contribution is -2.00. The number of para-hydroxylation sites is 1. The van der Waals surface area contributed by atoms with Crippen LogP contribution in [0.25, 0.3) is 0 Å². The molecule has 1 aromatic heterocycles. The second kappa shape index (κ2) is 6.18. The predicted octanol–water partition coefficient (Wildman–Crippen LogP) is 3.14. The quantitative estimate of drug-likeness (QED) is 0.827. The molecule has 0 atom stereocenters. The fraction of sp³-hybridized carbons (Fsp3) is 0.286. The summed E-state index contributed by atoms with van der Waals surface area (Å²) in [5.41, 5.74) is 0.969. The van der Waals surface area contributed by atoms with Gasteiger partial charge in [-0.1, -0.05) is 18.2 Å². The molecule has 1 aromatic carbocycles. The van der Waals surface area contributed by atoms with Gasteiger partial charge in [0.15, 0.2) is 0 Å². The van der Waals surface area contributed by atoms with E-state index in [0.29, 0.717) is 13.0 Å². The van der Waals surface area contributed by atoms with Crippen molar-refractivity contribution in [3.8, 4) is 11.8 Å². The summed E-state index contributed by atoms with van der Waals surface area (Å²) in [5, 5.41) is 9.72. The Morgan fingerprint density at radius 1 is 1.33 bits per heavy atom. The van der Waals surface area contributed by atoms with Gasteiger partial charge in [0.05, 0.1) is 29.8 Å². The van der Waals surface area contributed by atoms with Gasteiger partial charge in [-0.3, -0.25) is 0 Å². The van der Waals surface area contributed by atoms with Gasteiger partial charge in [0.2, 0.25) is 0 Å². The van der Waals surface area contributed by atoms with Gasteiger partial charge in [-0.2, -0.15) is 5.26 Å². The molecule has 0 aliphatic rings. The number of thiazole rings is 1. The van der Waals surface area contributed by atoms with E-state index in [-0.39, 0.29) is 0 Å². The third-order valence-electron chi connectivity index (χ3n) is 2.50. The fourth-order valence-corrected chi connectivity index (χ4v) is 2.59. The van der Waals surface area contributed by atoms with Crippen molar-refractivity contribution in [2.24, 2.45) is 0 Å². The molecule has 2 aromatic rings. The Hall–Kier alpha value is -1.86. The zero-order valence-corrected chi connectivity index (χ0v) is 11.0. The van der Waals surface area contributed by atoms with E-state index in [0.717, 1.165) is 27.7 Å². The van der Waals surface area contributed by atoms with Gasteiger partial charge in [0.25, 0.3) is 0 Å². The van der Waals surface area contributed by atoms with Crippen molar-refractivity contribution in [2.75, 3.05) is 6.61 Å². The van der Waals surface area contributed by atoms with E-state index < -0.39 is 0 Å². The zero-order chi connectivity index (χ0) is 12.8. The second-order valence-corrected chi connectivity index (χ2v) is 5.03. The summed E-state index contributed by atoms with van der Waals surface area (Å²) in [6, 6.07) is 11.9. The van der Waals surface area contributed by atoms with Crippen molar-refractivity contribution < 1.29 is 4.74 Å². The molecule has 92 valence electrons. The summed E-state index contributed by atoms with van der Waals surface area (Å²) in [7, 11) is 0. The average Bonchev–Trinajstić information content (AvgIpc) is 2.72. The van der Waals surface area contributed by atoms with Crippen molar-refractivity contribution in [3.63, 3.8) is 0 Å². The highest BCUT2D eigenvalue weighted by molar-refractivity contribution is 7.11. The molecule has 2 rings (SSSR count). The molecule has 0 N–H and O–H groups in total. The van der Waals surface area contributed by atoms with Gasteiger partial charge < -0.3 is 4.74 Å². The SMILES string of the molecule is Cc1nc(CCOc2ccccc2)sc1CC#N. The van der Waals surface area contributed by atoms with E-state index in [1.54, 1.807) is 11.3 Å². The van der Waals surface area contributed by atoms with Crippen LogP contribution in [-0.2, 0) is 12.8 Å². The average molecular weight is 258 g/mol. The van der Waals surface area contributed by atoms with Crippen LogP contribution in [0.3, 0.4) is 0 Å². The molecule has 4 heteroatoms. The van der Waals surface area contributed by atoms with E-state index >= 15 is 0 Å². The summed E-state index contributed by atoms with van der Waals surface area (Å²) in [4.78, 5) is 5.51. The minimum Gasteiger partial charge on any atom is -0.493 e. The maximum absolute atomic E-state index is 8.68. The van der Waals surface area contributed by atoms with Crippen LogP contribution in [0.5, 0.6) is 5.75 Å². The lowest BCUT2D eigenvalue weighted by molar-refractivity contribution is 0.321. The largest absolute Gasteiger partial charge is 0.493 e. The minimum atomic E-state index is 0.447. The Bertz CT molecular complexity index is 543. The first kappa shape index (κ1) is 12.6. The van der Waals surface area contributed by atoms with Crippen LogP contribution in [0.1, 0.15) is 15.6 Å². The number of nitriles is 1. The highest BCUT2D eigenvalue weighted by Gasteiger charge is 2.07. The Labute approximate surface area is 111 Å². The summed E-state index contributed by atoms with van der Waals surface area (Å²) < 4.78 is 5.62. The molecule has 0 saturated carbocycles. The van der Waals surface area contributed by atoms with Crippen molar-refractivity contribution in [1.82, 2.24) is 4.98 Å². The van der Waals surface area contributed by atoms with E-state index in [4.69, 9.17) is 10.00 Å². The van der Waals surface area contributed by atoms with E-state index in [1.807, 2.05) is 37.3 Å². The van der Waals surface area contributed by atoms with Gasteiger partial charge in [-0.15, -0.1) is 11.3 Å². The molecule has 0 bridgehead atoms. The van der Waals surface area contributed by atoms with E-state index in [1.165, 1.54) is 0 Å². The first-order valence-corrected chi connectivity index (χ1v) is 6.61. The van der Waals surface area contributed by atoms with Crippen molar-refractivity contribution in [2.45, 2.75) is 19.8 Å². The molecule has 0 fully saturated rings. The Morgan fingerprint density at radius 3 is 2.83 bits per heavy atom. The summed E-state index contributed by atoms with van der Waals surface area (Å²) >= 11 is 1.61. The van der Waals surface area contributed by atoms with Gasteiger partial charge in [-0.05, 0) is 19.1 Å². The Morgan fingerprint density at radius 2 is 2.11 bits per heavy atom. The third-order valence-corrected chi connectivity index (χ3v) is 3.72. The number of rotatable bonds is 5. The summed E-state index contributed by atoms with van der Waals surface area (Å²) in [5.74, 6) is 0.878. The molecule has 0 spiro atoms. The van der Waals surface area contributed by atoms with E-state index in [9.17, 15) is 0 Å². The van der Waals surface area contributed by atoms with Gasteiger partial charge in [0, 0.05) is 11.3 Å². The highest BCUT2D eigenvalue weighted by Crippen LogP contribution is 2.19. The predicted molar refractivity (Wildman–Crippen MR) is 71.8 cm³/mol. The molecule has 0 radical (unpaired) electrons. The molecule has 3 nitrogen and oxygen atoms in total. The molecular weight excluding hydrogens is 244 g/mol. The maximum Gasteiger partial charge on any atom is 0.119 e. The minimum absolute atomic E-state index is 0.447. The normalized spacial score (nSPS) is 10.0. The highest BCUT2D eigenvalue weighted by atomic mass is 32.1. The van der Waals surface area contributed by atoms with Crippen molar-refractivity contribution in [1.29, 1.82) is 5.26 Å². The molecule has 18 heavy (non-hydrogen) atoms. The molecule has 0 saturated heterocycles. The van der Waals surface area contributed by atoms with Gasteiger partial charge in [0.1, 0.15) is 5.75 Å². The lowest BCUT2D eigenvalue weighted by atomic mass is 10.3. The number of aryl methyl sites for hydroxylation is 1. The van der Waals surface area contributed by atoms with Crippen LogP contribution >= 0.6 is 11.3 Å². The van der Waals surface area contributed by atoms with Crippen LogP contribution in [0, 0.1) is 18.3 Å². The van der Waals surface area contributed by atoms with Gasteiger partial charge in [-0.25, -0.2) is 4.98 Å². The van der Waals surface area contributed by atoms with Crippen molar-refractivity contribution in [3.05, 3.63) is 45.9 Å². The van der Waals surface area contributed by atoms with Crippen molar-refractivity contribution >= 4 is 11.3 Å². The number of benzene rings is 1. The van der Waals surface area contributed by atoms with E-state index in [2.05, 4.69) is 11.1 Å². The third kappa shape index (κ3) is 3.31. The molecule has 0 unspecified atom stereocenters. The lowest BCUT2D eigenvalue weighted by Gasteiger charge is -2.03. The molecule has 0 amide bonds. The van der Waals surface area contributed by atoms with Gasteiger partial charge >= 0.3 is 0 Å². The maximum atomic E-state index is 8.68. The number of aromatic nitrogens is 1. The fourth-order valence-electron chi connectivity index (χ4n) is 1.60. The van der Waals surface area contributed by atoms with Crippen LogP contribution in [0.15, 0.2) is 30.3 Å². The number of ether oxygens (including phenoxy) is 1. The molecule has 0 aliphatic heterocycles. The standard InChI is InChI=1S/C14H14N2OS/c1-11-13(7-9-15)18-14(16-11)8-10-17-12-5-3-2-4-6-12/h2-6H,7-8,10H2,1H3. The molecule has 0 aliphatic carbocycles. The number of hydrogen-bond donors (Lipinski definition) is 0.